The second-order valence-electron chi connectivity index (χ2n) is 10.2. The molecule has 0 radical (unpaired) electrons. The second-order valence-corrected chi connectivity index (χ2v) is 11.2. The standard InChI is InChI=1S/C33H35N7O5S/c1-22-36-32(29-16-25(21-45-46(5)41)17-35-31(29)38-26-10-15-30(44-4)34-18-26)39-33(37-22)40(19-23-6-11-27(42-2)12-7-23)20-24-8-13-28(43-3)14-9-24/h6-18H,19-21H2,1-5H3,(H,35,38). The summed E-state index contributed by atoms with van der Waals surface area (Å²) in [4.78, 5) is 25.5. The van der Waals surface area contributed by atoms with E-state index in [2.05, 4.69) is 20.2 Å². The van der Waals surface area contributed by atoms with Crippen LogP contribution in [0.25, 0.3) is 11.4 Å². The number of nitrogens with one attached hydrogen (secondary N) is 1. The first kappa shape index (κ1) is 32.3. The van der Waals surface area contributed by atoms with Crippen LogP contribution < -0.4 is 24.4 Å². The highest BCUT2D eigenvalue weighted by Crippen LogP contribution is 2.30. The molecule has 0 aliphatic carbocycles. The summed E-state index contributed by atoms with van der Waals surface area (Å²) in [5.74, 6) is 3.98. The summed E-state index contributed by atoms with van der Waals surface area (Å²) in [6, 6.07) is 21.3. The Morgan fingerprint density at radius 2 is 1.41 bits per heavy atom. The smallest absolute Gasteiger partial charge is 0.229 e. The minimum Gasteiger partial charge on any atom is -0.497 e. The van der Waals surface area contributed by atoms with Crippen LogP contribution in [0.1, 0.15) is 22.5 Å². The summed E-state index contributed by atoms with van der Waals surface area (Å²) in [5.41, 5.74) is 4.11. The van der Waals surface area contributed by atoms with E-state index in [0.29, 0.717) is 59.2 Å². The average Bonchev–Trinajstić information content (AvgIpc) is 3.08. The number of aryl methyl sites for hydroxylation is 1. The van der Waals surface area contributed by atoms with Crippen molar-refractivity contribution in [3.63, 3.8) is 0 Å². The van der Waals surface area contributed by atoms with Gasteiger partial charge in [-0.1, -0.05) is 24.3 Å². The third-order valence-corrected chi connectivity index (χ3v) is 7.32. The molecule has 0 aliphatic rings. The van der Waals surface area contributed by atoms with E-state index in [1.807, 2.05) is 67.6 Å². The zero-order chi connectivity index (χ0) is 32.5. The van der Waals surface area contributed by atoms with Crippen molar-refractivity contribution >= 4 is 28.5 Å². The highest BCUT2D eigenvalue weighted by Gasteiger charge is 2.19. The molecule has 0 fully saturated rings. The number of pyridine rings is 2. The van der Waals surface area contributed by atoms with E-state index in [4.69, 9.17) is 33.3 Å². The summed E-state index contributed by atoms with van der Waals surface area (Å²) in [6.45, 7) is 2.98. The monoisotopic (exact) mass is 641 g/mol. The highest BCUT2D eigenvalue weighted by atomic mass is 32.2. The molecule has 2 aromatic carbocycles. The fraction of sp³-hybridized carbons (Fsp3) is 0.242. The number of hydrogen-bond donors (Lipinski definition) is 1. The Balaban J connectivity index is 1.55. The molecule has 3 heterocycles. The molecule has 238 valence electrons. The van der Waals surface area contributed by atoms with E-state index in [9.17, 15) is 4.21 Å². The lowest BCUT2D eigenvalue weighted by atomic mass is 10.1. The first-order chi connectivity index (χ1) is 22.3. The molecule has 1 unspecified atom stereocenters. The number of hydrogen-bond acceptors (Lipinski definition) is 12. The van der Waals surface area contributed by atoms with Gasteiger partial charge in [-0.15, -0.1) is 0 Å². The molecule has 12 nitrogen and oxygen atoms in total. The predicted molar refractivity (Wildman–Crippen MR) is 177 cm³/mol. The van der Waals surface area contributed by atoms with Crippen molar-refractivity contribution in [1.82, 2.24) is 24.9 Å². The van der Waals surface area contributed by atoms with Crippen molar-refractivity contribution < 1.29 is 22.6 Å². The second kappa shape index (κ2) is 15.2. The van der Waals surface area contributed by atoms with Crippen molar-refractivity contribution in [1.29, 1.82) is 0 Å². The summed E-state index contributed by atoms with van der Waals surface area (Å²) in [5, 5.41) is 3.32. The van der Waals surface area contributed by atoms with E-state index in [1.54, 1.807) is 39.8 Å². The average molecular weight is 642 g/mol. The van der Waals surface area contributed by atoms with E-state index in [0.717, 1.165) is 22.6 Å². The van der Waals surface area contributed by atoms with Gasteiger partial charge in [0.15, 0.2) is 16.9 Å². The molecular weight excluding hydrogens is 606 g/mol. The van der Waals surface area contributed by atoms with Crippen LogP contribution in [0.5, 0.6) is 17.4 Å². The van der Waals surface area contributed by atoms with Gasteiger partial charge in [0.2, 0.25) is 11.8 Å². The molecule has 0 saturated heterocycles. The van der Waals surface area contributed by atoms with Crippen molar-refractivity contribution in [3.8, 4) is 28.8 Å². The van der Waals surface area contributed by atoms with Crippen LogP contribution in [-0.4, -0.2) is 56.7 Å². The molecule has 5 aromatic rings. The Labute approximate surface area is 270 Å². The van der Waals surface area contributed by atoms with Crippen molar-refractivity contribution in [2.24, 2.45) is 0 Å². The van der Waals surface area contributed by atoms with E-state index in [1.165, 1.54) is 6.26 Å². The molecule has 46 heavy (non-hydrogen) atoms. The maximum atomic E-state index is 11.7. The van der Waals surface area contributed by atoms with Gasteiger partial charge in [-0.25, -0.2) is 19.2 Å². The Morgan fingerprint density at radius 1 is 0.761 bits per heavy atom. The van der Waals surface area contributed by atoms with Gasteiger partial charge >= 0.3 is 0 Å². The fourth-order valence-corrected chi connectivity index (χ4v) is 4.85. The zero-order valence-corrected chi connectivity index (χ0v) is 27.1. The van der Waals surface area contributed by atoms with Crippen molar-refractivity contribution in [2.45, 2.75) is 26.6 Å². The third kappa shape index (κ3) is 8.52. The van der Waals surface area contributed by atoms with Gasteiger partial charge in [0, 0.05) is 31.6 Å². The highest BCUT2D eigenvalue weighted by molar-refractivity contribution is 7.79. The number of aromatic nitrogens is 5. The molecule has 3 aromatic heterocycles. The number of nitrogens with zero attached hydrogens (tertiary/aromatic N) is 6. The Bertz CT molecular complexity index is 1720. The largest absolute Gasteiger partial charge is 0.497 e. The maximum Gasteiger partial charge on any atom is 0.229 e. The van der Waals surface area contributed by atoms with Crippen LogP contribution in [0, 0.1) is 6.92 Å². The van der Waals surface area contributed by atoms with Gasteiger partial charge in [0.05, 0.1) is 45.4 Å². The van der Waals surface area contributed by atoms with Crippen molar-refractivity contribution in [2.75, 3.05) is 37.8 Å². The Morgan fingerprint density at radius 3 is 1.96 bits per heavy atom. The number of benzene rings is 2. The molecular formula is C33H35N7O5S. The number of ether oxygens (including phenoxy) is 3. The molecule has 0 saturated carbocycles. The molecule has 1 N–H and O–H groups in total. The van der Waals surface area contributed by atoms with Crippen LogP contribution in [0.2, 0.25) is 0 Å². The molecule has 1 atom stereocenters. The SMILES string of the molecule is COc1ccc(CN(Cc2ccc(OC)cc2)c2nc(C)nc(-c3cc(COS(C)=O)cnc3Nc3ccc(OC)nc3)n2)cc1. The lowest BCUT2D eigenvalue weighted by Gasteiger charge is -2.24. The molecule has 13 heteroatoms. The minimum atomic E-state index is -1.44. The quantitative estimate of drug-likeness (QED) is 0.166. The summed E-state index contributed by atoms with van der Waals surface area (Å²) < 4.78 is 32.9. The Kier molecular flexibility index (Phi) is 10.7. The first-order valence-corrected chi connectivity index (χ1v) is 15.8. The van der Waals surface area contributed by atoms with Gasteiger partial charge < -0.3 is 24.4 Å². The van der Waals surface area contributed by atoms with Gasteiger partial charge in [-0.2, -0.15) is 9.97 Å². The lowest BCUT2D eigenvalue weighted by Crippen LogP contribution is -2.25. The van der Waals surface area contributed by atoms with Gasteiger partial charge in [0.1, 0.15) is 23.1 Å². The summed E-state index contributed by atoms with van der Waals surface area (Å²) >= 11 is -1.44. The van der Waals surface area contributed by atoms with Gasteiger partial charge in [0.25, 0.3) is 0 Å². The summed E-state index contributed by atoms with van der Waals surface area (Å²) in [6.07, 6.45) is 4.78. The number of anilines is 3. The molecule has 0 spiro atoms. The third-order valence-electron chi connectivity index (χ3n) is 6.87. The first-order valence-electron chi connectivity index (χ1n) is 14.3. The van der Waals surface area contributed by atoms with E-state index >= 15 is 0 Å². The lowest BCUT2D eigenvalue weighted by molar-refractivity contribution is 0.339. The van der Waals surface area contributed by atoms with Crippen LogP contribution in [0.15, 0.2) is 79.1 Å². The normalized spacial score (nSPS) is 11.5. The number of methoxy groups -OCH3 is 3. The minimum absolute atomic E-state index is 0.103. The Hall–Kier alpha value is -5.14. The molecule has 0 bridgehead atoms. The van der Waals surface area contributed by atoms with Crippen LogP contribution in [0.4, 0.5) is 17.5 Å². The van der Waals surface area contributed by atoms with Gasteiger partial charge in [-0.05, 0) is 60.0 Å². The molecule has 0 aliphatic heterocycles. The maximum absolute atomic E-state index is 11.7. The van der Waals surface area contributed by atoms with E-state index in [-0.39, 0.29) is 6.61 Å². The predicted octanol–water partition coefficient (Wildman–Crippen LogP) is 5.42. The van der Waals surface area contributed by atoms with Crippen molar-refractivity contribution in [3.05, 3.63) is 102 Å². The molecule has 5 rings (SSSR count). The number of rotatable bonds is 14. The fourth-order valence-electron chi connectivity index (χ4n) is 4.55. The van der Waals surface area contributed by atoms with Crippen LogP contribution >= 0.6 is 0 Å². The van der Waals surface area contributed by atoms with Gasteiger partial charge in [-0.3, -0.25) is 4.18 Å². The molecule has 0 amide bonds. The van der Waals surface area contributed by atoms with Crippen LogP contribution in [0.3, 0.4) is 0 Å². The topological polar surface area (TPSA) is 134 Å². The zero-order valence-electron chi connectivity index (χ0n) is 26.3. The van der Waals surface area contributed by atoms with E-state index < -0.39 is 11.1 Å². The van der Waals surface area contributed by atoms with Crippen LogP contribution in [-0.2, 0) is 35.0 Å². The summed E-state index contributed by atoms with van der Waals surface area (Å²) in [7, 11) is 4.85.